The van der Waals surface area contributed by atoms with Crippen LogP contribution in [0.15, 0.2) is 18.3 Å². The number of halogens is 2. The van der Waals surface area contributed by atoms with Gasteiger partial charge >= 0.3 is 0 Å². The van der Waals surface area contributed by atoms with Gasteiger partial charge in [-0.15, -0.1) is 11.6 Å². The van der Waals surface area contributed by atoms with E-state index in [1.54, 1.807) is 18.3 Å². The average molecular weight is 260 g/mol. The largest absolute Gasteiger partial charge is 0.294 e. The number of carbonyl (C=O) groups excluding carboxylic acids is 1. The van der Waals surface area contributed by atoms with Crippen LogP contribution in [0.1, 0.15) is 42.5 Å². The summed E-state index contributed by atoms with van der Waals surface area (Å²) in [5.74, 6) is 0.770. The fourth-order valence-electron chi connectivity index (χ4n) is 1.46. The molecule has 0 saturated heterocycles. The third-order valence-corrected chi connectivity index (χ3v) is 2.92. The van der Waals surface area contributed by atoms with Crippen molar-refractivity contribution in [3.05, 3.63) is 29.0 Å². The number of ketones is 1. The summed E-state index contributed by atoms with van der Waals surface area (Å²) in [7, 11) is 0. The Labute approximate surface area is 106 Å². The molecule has 0 bridgehead atoms. The Bertz CT molecular complexity index is 342. The van der Waals surface area contributed by atoms with E-state index < -0.39 is 0 Å². The van der Waals surface area contributed by atoms with Crippen molar-refractivity contribution in [2.24, 2.45) is 0 Å². The van der Waals surface area contributed by atoms with E-state index in [-0.39, 0.29) is 5.78 Å². The molecule has 16 heavy (non-hydrogen) atoms. The summed E-state index contributed by atoms with van der Waals surface area (Å²) in [4.78, 5) is 15.6. The number of hydrogen-bond acceptors (Lipinski definition) is 2. The number of rotatable bonds is 7. The highest BCUT2D eigenvalue weighted by molar-refractivity contribution is 6.32. The lowest BCUT2D eigenvalue weighted by molar-refractivity contribution is 0.0979. The van der Waals surface area contributed by atoms with Crippen LogP contribution in [-0.2, 0) is 0 Å². The Morgan fingerprint density at radius 2 is 2.00 bits per heavy atom. The Hall–Kier alpha value is -0.600. The number of Topliss-reactive ketones (excluding diaryl/α,β-unsaturated/α-hetero) is 1. The topological polar surface area (TPSA) is 30.0 Å². The summed E-state index contributed by atoms with van der Waals surface area (Å²) in [6.07, 6.45) is 6.14. The SMILES string of the molecule is O=C(CCCCCCCl)c1cccnc1Cl. The second kappa shape index (κ2) is 7.64. The van der Waals surface area contributed by atoms with Crippen molar-refractivity contribution in [3.63, 3.8) is 0 Å². The molecule has 0 aliphatic carbocycles. The summed E-state index contributed by atoms with van der Waals surface area (Å²) in [6, 6.07) is 3.45. The molecule has 0 aliphatic rings. The van der Waals surface area contributed by atoms with Crippen LogP contribution in [0, 0.1) is 0 Å². The number of nitrogens with zero attached hydrogens (tertiary/aromatic N) is 1. The van der Waals surface area contributed by atoms with E-state index in [9.17, 15) is 4.79 Å². The molecule has 0 radical (unpaired) electrons. The fraction of sp³-hybridized carbons (Fsp3) is 0.500. The lowest BCUT2D eigenvalue weighted by atomic mass is 10.1. The fourth-order valence-corrected chi connectivity index (χ4v) is 1.88. The normalized spacial score (nSPS) is 10.4. The van der Waals surface area contributed by atoms with E-state index in [2.05, 4.69) is 4.98 Å². The van der Waals surface area contributed by atoms with Crippen LogP contribution in [0.5, 0.6) is 0 Å². The highest BCUT2D eigenvalue weighted by Crippen LogP contribution is 2.15. The predicted octanol–water partition coefficient (Wildman–Crippen LogP) is 4.11. The third kappa shape index (κ3) is 4.50. The van der Waals surface area contributed by atoms with Crippen LogP contribution >= 0.6 is 23.2 Å². The summed E-state index contributed by atoms with van der Waals surface area (Å²) < 4.78 is 0. The van der Waals surface area contributed by atoms with Gasteiger partial charge in [0, 0.05) is 18.5 Å². The minimum absolute atomic E-state index is 0.0731. The minimum Gasteiger partial charge on any atom is -0.294 e. The molecule has 0 aromatic carbocycles. The van der Waals surface area contributed by atoms with Crippen molar-refractivity contribution in [1.82, 2.24) is 4.98 Å². The van der Waals surface area contributed by atoms with Crippen LogP contribution < -0.4 is 0 Å². The van der Waals surface area contributed by atoms with E-state index in [1.165, 1.54) is 0 Å². The molecule has 0 aliphatic heterocycles. The molecule has 88 valence electrons. The van der Waals surface area contributed by atoms with Gasteiger partial charge in [0.25, 0.3) is 0 Å². The first-order chi connectivity index (χ1) is 7.75. The third-order valence-electron chi connectivity index (χ3n) is 2.35. The standard InChI is InChI=1S/C12H15Cl2NO/c13-8-4-2-1-3-7-11(16)10-6-5-9-15-12(10)14/h5-6,9H,1-4,7-8H2. The quantitative estimate of drug-likeness (QED) is 0.319. The Morgan fingerprint density at radius 3 is 2.69 bits per heavy atom. The first-order valence-electron chi connectivity index (χ1n) is 5.45. The lowest BCUT2D eigenvalue weighted by Crippen LogP contribution is -2.00. The van der Waals surface area contributed by atoms with E-state index in [1.807, 2.05) is 0 Å². The van der Waals surface area contributed by atoms with Gasteiger partial charge in [0.1, 0.15) is 5.15 Å². The monoisotopic (exact) mass is 259 g/mol. The zero-order valence-electron chi connectivity index (χ0n) is 9.09. The predicted molar refractivity (Wildman–Crippen MR) is 67.4 cm³/mol. The Balaban J connectivity index is 2.33. The van der Waals surface area contributed by atoms with Gasteiger partial charge in [0.2, 0.25) is 0 Å². The van der Waals surface area contributed by atoms with Gasteiger partial charge in [0.05, 0.1) is 5.56 Å². The van der Waals surface area contributed by atoms with Crippen LogP contribution in [0.4, 0.5) is 0 Å². The molecule has 0 atom stereocenters. The second-order valence-corrected chi connectivity index (χ2v) is 4.35. The van der Waals surface area contributed by atoms with Crippen molar-refractivity contribution >= 4 is 29.0 Å². The Morgan fingerprint density at radius 1 is 1.25 bits per heavy atom. The van der Waals surface area contributed by atoms with E-state index in [4.69, 9.17) is 23.2 Å². The first kappa shape index (κ1) is 13.5. The molecule has 0 fully saturated rings. The average Bonchev–Trinajstić information content (AvgIpc) is 2.29. The number of pyridine rings is 1. The molecule has 4 heteroatoms. The van der Waals surface area contributed by atoms with Crippen molar-refractivity contribution in [3.8, 4) is 0 Å². The molecular weight excluding hydrogens is 245 g/mol. The number of alkyl halides is 1. The maximum atomic E-state index is 11.7. The number of hydrogen-bond donors (Lipinski definition) is 0. The van der Waals surface area contributed by atoms with Gasteiger partial charge in [-0.1, -0.05) is 24.4 Å². The molecule has 1 aromatic rings. The first-order valence-corrected chi connectivity index (χ1v) is 6.36. The zero-order valence-corrected chi connectivity index (χ0v) is 10.6. The lowest BCUT2D eigenvalue weighted by Gasteiger charge is -2.02. The van der Waals surface area contributed by atoms with Crippen molar-refractivity contribution < 1.29 is 4.79 Å². The molecule has 1 rings (SSSR count). The van der Waals surface area contributed by atoms with E-state index in [0.29, 0.717) is 23.0 Å². The number of aromatic nitrogens is 1. The van der Waals surface area contributed by atoms with Crippen molar-refractivity contribution in [1.29, 1.82) is 0 Å². The molecule has 0 saturated carbocycles. The minimum atomic E-state index is 0.0731. The second-order valence-electron chi connectivity index (χ2n) is 3.62. The molecule has 0 unspecified atom stereocenters. The molecule has 0 N–H and O–H groups in total. The van der Waals surface area contributed by atoms with Gasteiger partial charge in [-0.3, -0.25) is 4.79 Å². The van der Waals surface area contributed by atoms with Gasteiger partial charge in [-0.2, -0.15) is 0 Å². The molecule has 0 spiro atoms. The van der Waals surface area contributed by atoms with Gasteiger partial charge < -0.3 is 0 Å². The van der Waals surface area contributed by atoms with Gasteiger partial charge in [0.15, 0.2) is 5.78 Å². The Kier molecular flexibility index (Phi) is 6.43. The van der Waals surface area contributed by atoms with Crippen molar-refractivity contribution in [2.75, 3.05) is 5.88 Å². The number of carbonyl (C=O) groups is 1. The molecule has 1 heterocycles. The van der Waals surface area contributed by atoms with Gasteiger partial charge in [-0.05, 0) is 25.0 Å². The smallest absolute Gasteiger partial charge is 0.165 e. The van der Waals surface area contributed by atoms with E-state index in [0.717, 1.165) is 25.7 Å². The highest BCUT2D eigenvalue weighted by Gasteiger charge is 2.09. The maximum absolute atomic E-state index is 11.7. The number of unbranched alkanes of at least 4 members (excludes halogenated alkanes) is 3. The summed E-state index contributed by atoms with van der Waals surface area (Å²) in [5, 5.41) is 0.299. The summed E-state index contributed by atoms with van der Waals surface area (Å²) >= 11 is 11.4. The zero-order chi connectivity index (χ0) is 11.8. The van der Waals surface area contributed by atoms with E-state index >= 15 is 0 Å². The molecule has 1 aromatic heterocycles. The van der Waals surface area contributed by atoms with Crippen LogP contribution in [0.25, 0.3) is 0 Å². The summed E-state index contributed by atoms with van der Waals surface area (Å²) in [5.41, 5.74) is 0.529. The van der Waals surface area contributed by atoms with Crippen LogP contribution in [0.2, 0.25) is 5.15 Å². The highest BCUT2D eigenvalue weighted by atomic mass is 35.5. The summed E-state index contributed by atoms with van der Waals surface area (Å²) in [6.45, 7) is 0. The maximum Gasteiger partial charge on any atom is 0.165 e. The molecule has 2 nitrogen and oxygen atoms in total. The van der Waals surface area contributed by atoms with Crippen molar-refractivity contribution in [2.45, 2.75) is 32.1 Å². The van der Waals surface area contributed by atoms with Gasteiger partial charge in [-0.25, -0.2) is 4.98 Å². The van der Waals surface area contributed by atoms with Crippen LogP contribution in [0.3, 0.4) is 0 Å². The molecular formula is C12H15Cl2NO. The molecule has 0 amide bonds. The van der Waals surface area contributed by atoms with Crippen LogP contribution in [-0.4, -0.2) is 16.6 Å².